The molecule has 1 aromatic carbocycles. The fourth-order valence-corrected chi connectivity index (χ4v) is 1.56. The van der Waals surface area contributed by atoms with Crippen molar-refractivity contribution in [3.8, 4) is 0 Å². The standard InChI is InChI=1S/C13H10ClN/c14-13(11-6-2-1-3-7-11)10-12-8-4-5-9-15-12/h1-10H/p+1/b13-10-. The Morgan fingerprint density at radius 2 is 1.73 bits per heavy atom. The number of halogens is 1. The van der Waals surface area contributed by atoms with Crippen LogP contribution in [0.4, 0.5) is 0 Å². The quantitative estimate of drug-likeness (QED) is 0.732. The van der Waals surface area contributed by atoms with Crippen molar-refractivity contribution >= 4 is 22.7 Å². The first-order valence-corrected chi connectivity index (χ1v) is 5.13. The van der Waals surface area contributed by atoms with Crippen LogP contribution in [-0.2, 0) is 0 Å². The zero-order chi connectivity index (χ0) is 10.5. The predicted octanol–water partition coefficient (Wildman–Crippen LogP) is 3.24. The summed E-state index contributed by atoms with van der Waals surface area (Å²) >= 11 is 6.18. The van der Waals surface area contributed by atoms with Crippen LogP contribution in [0.2, 0.25) is 0 Å². The Morgan fingerprint density at radius 1 is 1.00 bits per heavy atom. The van der Waals surface area contributed by atoms with Crippen LogP contribution in [0.5, 0.6) is 0 Å². The van der Waals surface area contributed by atoms with Gasteiger partial charge in [0, 0.05) is 18.2 Å². The Hall–Kier alpha value is -1.60. The van der Waals surface area contributed by atoms with E-state index in [1.165, 1.54) is 0 Å². The molecule has 0 fully saturated rings. The van der Waals surface area contributed by atoms with Crippen LogP contribution < -0.4 is 4.98 Å². The summed E-state index contributed by atoms with van der Waals surface area (Å²) in [6.07, 6.45) is 3.79. The number of H-pyrrole nitrogens is 1. The van der Waals surface area contributed by atoms with Crippen LogP contribution in [0.25, 0.3) is 11.1 Å². The lowest BCUT2D eigenvalue weighted by Crippen LogP contribution is -2.04. The van der Waals surface area contributed by atoms with Crippen molar-refractivity contribution in [3.63, 3.8) is 0 Å². The van der Waals surface area contributed by atoms with E-state index in [-0.39, 0.29) is 0 Å². The van der Waals surface area contributed by atoms with Gasteiger partial charge in [0.1, 0.15) is 0 Å². The van der Waals surface area contributed by atoms with Gasteiger partial charge in [-0.3, -0.25) is 0 Å². The normalized spacial score (nSPS) is 11.4. The molecule has 0 atom stereocenters. The molecule has 0 amide bonds. The Bertz CT molecular complexity index is 448. The molecule has 2 rings (SSSR count). The molecule has 0 saturated carbocycles. The van der Waals surface area contributed by atoms with Gasteiger partial charge in [-0.1, -0.05) is 41.9 Å². The van der Waals surface area contributed by atoms with Gasteiger partial charge < -0.3 is 0 Å². The maximum atomic E-state index is 6.18. The second kappa shape index (κ2) is 4.76. The molecule has 1 aromatic heterocycles. The van der Waals surface area contributed by atoms with Crippen molar-refractivity contribution in [2.24, 2.45) is 0 Å². The highest BCUT2D eigenvalue weighted by molar-refractivity contribution is 6.51. The van der Waals surface area contributed by atoms with Crippen LogP contribution >= 0.6 is 11.6 Å². The smallest absolute Gasteiger partial charge is 0.204 e. The number of aromatic nitrogens is 1. The van der Waals surface area contributed by atoms with Crippen LogP contribution in [0.15, 0.2) is 54.7 Å². The number of nitrogens with one attached hydrogen (secondary N) is 1. The Kier molecular flexibility index (Phi) is 3.15. The fourth-order valence-electron chi connectivity index (χ4n) is 1.31. The topological polar surface area (TPSA) is 14.1 Å². The maximum Gasteiger partial charge on any atom is 0.204 e. The van der Waals surface area contributed by atoms with Crippen LogP contribution in [0, 0.1) is 0 Å². The van der Waals surface area contributed by atoms with E-state index in [0.29, 0.717) is 0 Å². The third-order valence-electron chi connectivity index (χ3n) is 2.06. The SMILES string of the molecule is Cl/C(=C\c1cccc[nH+]1)c1ccccc1. The molecule has 0 aliphatic carbocycles. The molecule has 2 heteroatoms. The molecule has 0 unspecified atom stereocenters. The highest BCUT2D eigenvalue weighted by atomic mass is 35.5. The highest BCUT2D eigenvalue weighted by Gasteiger charge is 2.00. The molecule has 1 N–H and O–H groups in total. The van der Waals surface area contributed by atoms with Crippen molar-refractivity contribution in [2.45, 2.75) is 0 Å². The van der Waals surface area contributed by atoms with E-state index in [9.17, 15) is 0 Å². The highest BCUT2D eigenvalue weighted by Crippen LogP contribution is 2.19. The second-order valence-electron chi connectivity index (χ2n) is 3.18. The van der Waals surface area contributed by atoms with Gasteiger partial charge in [-0.15, -0.1) is 0 Å². The third-order valence-corrected chi connectivity index (χ3v) is 2.39. The summed E-state index contributed by atoms with van der Waals surface area (Å²) in [5.74, 6) is 0. The van der Waals surface area contributed by atoms with Crippen molar-refractivity contribution in [1.29, 1.82) is 0 Å². The first-order valence-electron chi connectivity index (χ1n) is 4.75. The molecule has 2 aromatic rings. The molecule has 1 nitrogen and oxygen atoms in total. The first kappa shape index (κ1) is 9.94. The summed E-state index contributed by atoms with van der Waals surface area (Å²) in [4.78, 5) is 3.11. The minimum Gasteiger partial charge on any atom is -0.212 e. The number of rotatable bonds is 2. The maximum absolute atomic E-state index is 6.18. The number of hydrogen-bond acceptors (Lipinski definition) is 0. The zero-order valence-corrected chi connectivity index (χ0v) is 8.91. The summed E-state index contributed by atoms with van der Waals surface area (Å²) in [6.45, 7) is 0. The Labute approximate surface area is 94.1 Å². The lowest BCUT2D eigenvalue weighted by Gasteiger charge is -1.96. The second-order valence-corrected chi connectivity index (χ2v) is 3.58. The first-order chi connectivity index (χ1) is 7.36. The van der Waals surface area contributed by atoms with E-state index in [0.717, 1.165) is 16.3 Å². The van der Waals surface area contributed by atoms with Crippen LogP contribution in [-0.4, -0.2) is 0 Å². The summed E-state index contributed by atoms with van der Waals surface area (Å²) < 4.78 is 0. The number of benzene rings is 1. The van der Waals surface area contributed by atoms with E-state index in [1.807, 2.05) is 60.8 Å². The van der Waals surface area contributed by atoms with Gasteiger partial charge in [0.25, 0.3) is 0 Å². The van der Waals surface area contributed by atoms with Gasteiger partial charge in [-0.25, -0.2) is 4.98 Å². The van der Waals surface area contributed by atoms with Crippen LogP contribution in [0.3, 0.4) is 0 Å². The van der Waals surface area contributed by atoms with E-state index in [4.69, 9.17) is 11.6 Å². The van der Waals surface area contributed by atoms with Gasteiger partial charge in [0.2, 0.25) is 5.69 Å². The summed E-state index contributed by atoms with van der Waals surface area (Å²) in [7, 11) is 0. The molecule has 15 heavy (non-hydrogen) atoms. The molecule has 0 aliphatic rings. The molecule has 74 valence electrons. The fraction of sp³-hybridized carbons (Fsp3) is 0. The molecule has 0 saturated heterocycles. The lowest BCUT2D eigenvalue weighted by molar-refractivity contribution is -0.380. The van der Waals surface area contributed by atoms with Crippen molar-refractivity contribution in [2.75, 3.05) is 0 Å². The van der Waals surface area contributed by atoms with Crippen LogP contribution in [0.1, 0.15) is 11.3 Å². The van der Waals surface area contributed by atoms with Crippen molar-refractivity contribution < 1.29 is 4.98 Å². The van der Waals surface area contributed by atoms with E-state index in [2.05, 4.69) is 4.98 Å². The monoisotopic (exact) mass is 216 g/mol. The lowest BCUT2D eigenvalue weighted by atomic mass is 10.2. The van der Waals surface area contributed by atoms with Crippen molar-refractivity contribution in [3.05, 3.63) is 66.0 Å². The van der Waals surface area contributed by atoms with Gasteiger partial charge in [-0.05, 0) is 11.6 Å². The zero-order valence-electron chi connectivity index (χ0n) is 8.15. The van der Waals surface area contributed by atoms with Crippen molar-refractivity contribution in [1.82, 2.24) is 0 Å². The summed E-state index contributed by atoms with van der Waals surface area (Å²) in [5, 5.41) is 0.734. The average Bonchev–Trinajstić information content (AvgIpc) is 2.31. The van der Waals surface area contributed by atoms with Gasteiger partial charge >= 0.3 is 0 Å². The summed E-state index contributed by atoms with van der Waals surface area (Å²) in [6, 6.07) is 15.8. The number of aromatic amines is 1. The minimum atomic E-state index is 0.734. The van der Waals surface area contributed by atoms with E-state index < -0.39 is 0 Å². The van der Waals surface area contributed by atoms with Gasteiger partial charge in [0.15, 0.2) is 6.20 Å². The largest absolute Gasteiger partial charge is 0.212 e. The third kappa shape index (κ3) is 2.67. The molecule has 1 heterocycles. The van der Waals surface area contributed by atoms with Gasteiger partial charge in [0.05, 0.1) is 5.03 Å². The van der Waals surface area contributed by atoms with E-state index in [1.54, 1.807) is 0 Å². The molecular formula is C13H11ClN+. The number of pyridine rings is 1. The minimum absolute atomic E-state index is 0.734. The molecule has 0 radical (unpaired) electrons. The Morgan fingerprint density at radius 3 is 2.40 bits per heavy atom. The molecular weight excluding hydrogens is 206 g/mol. The van der Waals surface area contributed by atoms with Gasteiger partial charge in [-0.2, -0.15) is 0 Å². The summed E-state index contributed by atoms with van der Waals surface area (Å²) in [5.41, 5.74) is 2.02. The Balaban J connectivity index is 2.29. The van der Waals surface area contributed by atoms with E-state index >= 15 is 0 Å². The molecule has 0 aliphatic heterocycles. The average molecular weight is 217 g/mol. The molecule has 0 spiro atoms. The predicted molar refractivity (Wildman–Crippen MR) is 63.2 cm³/mol. The number of hydrogen-bond donors (Lipinski definition) is 0. The molecule has 0 bridgehead atoms.